The topological polar surface area (TPSA) is 29.1 Å². The van der Waals surface area contributed by atoms with E-state index in [-0.39, 0.29) is 24.2 Å². The molecule has 0 aliphatic heterocycles. The molecule has 0 heterocycles. The second-order valence-corrected chi connectivity index (χ2v) is 4.42. The second-order valence-electron chi connectivity index (χ2n) is 3.50. The van der Waals surface area contributed by atoms with Crippen molar-refractivity contribution in [2.45, 2.75) is 25.8 Å². The summed E-state index contributed by atoms with van der Waals surface area (Å²) in [5, 5.41) is 3.05. The number of carbonyl (C=O) groups is 1. The Kier molecular flexibility index (Phi) is 7.64. The zero-order chi connectivity index (χ0) is 11.3. The first-order valence-corrected chi connectivity index (χ1v) is 5.95. The fraction of sp³-hybridized carbons (Fsp3) is 0.417. The van der Waals surface area contributed by atoms with Crippen molar-refractivity contribution in [3.63, 3.8) is 0 Å². The number of hydrogen-bond acceptors (Lipinski definition) is 2. The van der Waals surface area contributed by atoms with Gasteiger partial charge in [-0.2, -0.15) is 0 Å². The van der Waals surface area contributed by atoms with E-state index in [4.69, 9.17) is 0 Å². The molecule has 1 rings (SSSR count). The van der Waals surface area contributed by atoms with E-state index >= 15 is 0 Å². The number of rotatable bonds is 5. The summed E-state index contributed by atoms with van der Waals surface area (Å²) in [5.74, 6) is 0.173. The van der Waals surface area contributed by atoms with Gasteiger partial charge in [0.1, 0.15) is 0 Å². The number of halogens is 2. The van der Waals surface area contributed by atoms with Crippen LogP contribution in [0.1, 0.15) is 30.1 Å². The molecule has 0 aliphatic carbocycles. The van der Waals surface area contributed by atoms with Crippen molar-refractivity contribution >= 4 is 34.1 Å². The molecule has 4 heteroatoms. The Morgan fingerprint density at radius 2 is 1.94 bits per heavy atom. The normalized spacial score (nSPS) is 11.7. The molecule has 0 bridgehead atoms. The lowest BCUT2D eigenvalue weighted by Gasteiger charge is -2.13. The van der Waals surface area contributed by atoms with E-state index in [1.165, 1.54) is 0 Å². The predicted molar refractivity (Wildman–Crippen MR) is 73.5 cm³/mol. The maximum Gasteiger partial charge on any atom is 0.179 e. The molecule has 0 spiro atoms. The van der Waals surface area contributed by atoms with E-state index in [1.54, 1.807) is 0 Å². The Morgan fingerprint density at radius 3 is 2.38 bits per heavy atom. The van der Waals surface area contributed by atoms with Gasteiger partial charge < -0.3 is 5.32 Å². The largest absolute Gasteiger partial charge is 0.310 e. The quantitative estimate of drug-likeness (QED) is 0.844. The van der Waals surface area contributed by atoms with Gasteiger partial charge in [-0.25, -0.2) is 0 Å². The molecule has 1 aromatic rings. The van der Waals surface area contributed by atoms with Crippen LogP contribution < -0.4 is 5.32 Å². The van der Waals surface area contributed by atoms with E-state index in [1.807, 2.05) is 31.3 Å². The molecule has 0 aliphatic rings. The molecule has 2 nitrogen and oxygen atoms in total. The molecule has 1 unspecified atom stereocenters. The minimum atomic E-state index is -0.0591. The number of likely N-dealkylation sites (N-methyl/N-ethyl adjacent to an activating group) is 1. The molecule has 1 N–H and O–H groups in total. The molecular formula is C12H17BrClNO. The third kappa shape index (κ3) is 4.24. The highest BCUT2D eigenvalue weighted by molar-refractivity contribution is 9.10. The van der Waals surface area contributed by atoms with Crippen LogP contribution in [0, 0.1) is 0 Å². The maximum absolute atomic E-state index is 12.0. The molecule has 0 saturated heterocycles. The van der Waals surface area contributed by atoms with Crippen molar-refractivity contribution < 1.29 is 4.79 Å². The zero-order valence-corrected chi connectivity index (χ0v) is 11.9. The van der Waals surface area contributed by atoms with Gasteiger partial charge in [0.25, 0.3) is 0 Å². The van der Waals surface area contributed by atoms with E-state index in [9.17, 15) is 4.79 Å². The highest BCUT2D eigenvalue weighted by Gasteiger charge is 2.16. The van der Waals surface area contributed by atoms with E-state index in [0.717, 1.165) is 22.9 Å². The molecule has 0 saturated carbocycles. The van der Waals surface area contributed by atoms with E-state index in [0.29, 0.717) is 0 Å². The van der Waals surface area contributed by atoms with Gasteiger partial charge in [-0.05, 0) is 25.6 Å². The lowest BCUT2D eigenvalue weighted by atomic mass is 10.0. The van der Waals surface area contributed by atoms with Crippen LogP contribution in [0.4, 0.5) is 0 Å². The fourth-order valence-electron chi connectivity index (χ4n) is 1.51. The Bertz CT molecular complexity index is 326. The van der Waals surface area contributed by atoms with Crippen molar-refractivity contribution in [2.24, 2.45) is 0 Å². The number of ketones is 1. The van der Waals surface area contributed by atoms with Gasteiger partial charge in [-0.1, -0.05) is 41.4 Å². The van der Waals surface area contributed by atoms with E-state index < -0.39 is 0 Å². The first kappa shape index (κ1) is 15.6. The van der Waals surface area contributed by atoms with Gasteiger partial charge in [0.2, 0.25) is 0 Å². The monoisotopic (exact) mass is 305 g/mol. The number of Topliss-reactive ketones (excluding diaryl/α,β-unsaturated/α-hetero) is 1. The summed E-state index contributed by atoms with van der Waals surface area (Å²) in [7, 11) is 1.83. The smallest absolute Gasteiger partial charge is 0.179 e. The molecule has 0 aromatic heterocycles. The average molecular weight is 307 g/mol. The SMILES string of the molecule is CCCC(NC)C(=O)c1ccc(Br)cc1.Cl. The van der Waals surface area contributed by atoms with Gasteiger partial charge in [0.15, 0.2) is 5.78 Å². The number of carbonyl (C=O) groups excluding carboxylic acids is 1. The third-order valence-corrected chi connectivity index (χ3v) is 2.90. The molecule has 90 valence electrons. The van der Waals surface area contributed by atoms with Gasteiger partial charge in [-0.15, -0.1) is 12.4 Å². The number of nitrogens with one attached hydrogen (secondary N) is 1. The first-order valence-electron chi connectivity index (χ1n) is 5.16. The highest BCUT2D eigenvalue weighted by Crippen LogP contribution is 2.13. The molecule has 1 atom stereocenters. The molecular weight excluding hydrogens is 289 g/mol. The standard InChI is InChI=1S/C12H16BrNO.ClH/c1-3-4-11(14-2)12(15)9-5-7-10(13)8-6-9;/h5-8,11,14H,3-4H2,1-2H3;1H. The van der Waals surface area contributed by atoms with Gasteiger partial charge in [0.05, 0.1) is 6.04 Å². The summed E-state index contributed by atoms with van der Waals surface area (Å²) in [5.41, 5.74) is 0.769. The van der Waals surface area contributed by atoms with Crippen LogP contribution in [0.3, 0.4) is 0 Å². The lowest BCUT2D eigenvalue weighted by Crippen LogP contribution is -2.33. The zero-order valence-electron chi connectivity index (χ0n) is 9.50. The third-order valence-electron chi connectivity index (χ3n) is 2.37. The van der Waals surface area contributed by atoms with Crippen LogP contribution in [0.15, 0.2) is 28.7 Å². The van der Waals surface area contributed by atoms with E-state index in [2.05, 4.69) is 28.2 Å². The van der Waals surface area contributed by atoms with Crippen LogP contribution in [0.2, 0.25) is 0 Å². The van der Waals surface area contributed by atoms with Crippen LogP contribution in [0.5, 0.6) is 0 Å². The van der Waals surface area contributed by atoms with Crippen molar-refractivity contribution in [3.05, 3.63) is 34.3 Å². The molecule has 0 radical (unpaired) electrons. The summed E-state index contributed by atoms with van der Waals surface area (Å²) < 4.78 is 0.996. The van der Waals surface area contributed by atoms with Crippen LogP contribution in [-0.2, 0) is 0 Å². The van der Waals surface area contributed by atoms with Crippen molar-refractivity contribution in [2.75, 3.05) is 7.05 Å². The maximum atomic E-state index is 12.0. The van der Waals surface area contributed by atoms with Crippen LogP contribution in [0.25, 0.3) is 0 Å². The van der Waals surface area contributed by atoms with Crippen molar-refractivity contribution in [1.82, 2.24) is 5.32 Å². The molecule has 1 aromatic carbocycles. The van der Waals surface area contributed by atoms with Gasteiger partial charge in [-0.3, -0.25) is 4.79 Å². The Balaban J connectivity index is 0.00000225. The summed E-state index contributed by atoms with van der Waals surface area (Å²) in [6, 6.07) is 7.44. The fourth-order valence-corrected chi connectivity index (χ4v) is 1.77. The molecule has 0 amide bonds. The van der Waals surface area contributed by atoms with Crippen molar-refractivity contribution in [1.29, 1.82) is 0 Å². The number of hydrogen-bond donors (Lipinski definition) is 1. The number of benzene rings is 1. The summed E-state index contributed by atoms with van der Waals surface area (Å²) in [6.45, 7) is 2.08. The highest BCUT2D eigenvalue weighted by atomic mass is 79.9. The van der Waals surface area contributed by atoms with Crippen LogP contribution >= 0.6 is 28.3 Å². The minimum absolute atomic E-state index is 0. The van der Waals surface area contributed by atoms with Crippen molar-refractivity contribution in [3.8, 4) is 0 Å². The van der Waals surface area contributed by atoms with Crippen LogP contribution in [-0.4, -0.2) is 18.9 Å². The summed E-state index contributed by atoms with van der Waals surface area (Å²) in [4.78, 5) is 12.0. The first-order chi connectivity index (χ1) is 7.19. The molecule has 0 fully saturated rings. The van der Waals surface area contributed by atoms with Gasteiger partial charge >= 0.3 is 0 Å². The Hall–Kier alpha value is -0.380. The average Bonchev–Trinajstić information content (AvgIpc) is 2.26. The molecule has 16 heavy (non-hydrogen) atoms. The lowest BCUT2D eigenvalue weighted by molar-refractivity contribution is 0.0942. The Labute approximate surface area is 111 Å². The predicted octanol–water partition coefficient (Wildman–Crippen LogP) is 3.44. The summed E-state index contributed by atoms with van der Waals surface area (Å²) in [6.07, 6.45) is 1.89. The van der Waals surface area contributed by atoms with Gasteiger partial charge in [0, 0.05) is 10.0 Å². The minimum Gasteiger partial charge on any atom is -0.310 e. The Morgan fingerprint density at radius 1 is 1.38 bits per heavy atom. The summed E-state index contributed by atoms with van der Waals surface area (Å²) >= 11 is 3.35. The second kappa shape index (κ2) is 7.82.